The lowest BCUT2D eigenvalue weighted by Gasteiger charge is -2.15. The van der Waals surface area contributed by atoms with Gasteiger partial charge in [0.2, 0.25) is 0 Å². The number of aliphatic hydroxyl groups is 1. The summed E-state index contributed by atoms with van der Waals surface area (Å²) >= 11 is 0. The van der Waals surface area contributed by atoms with Crippen LogP contribution >= 0.6 is 0 Å². The number of phenolic OH excluding ortho intramolecular Hbond substituents is 1. The molecule has 200 valence electrons. The molecule has 1 aromatic carbocycles. The van der Waals surface area contributed by atoms with Crippen LogP contribution in [0.1, 0.15) is 70.9 Å². The molecule has 0 spiro atoms. The van der Waals surface area contributed by atoms with Crippen molar-refractivity contribution in [1.29, 1.82) is 0 Å². The average molecular weight is 493 g/mol. The molecule has 0 radical (unpaired) electrons. The van der Waals surface area contributed by atoms with Crippen molar-refractivity contribution >= 4 is 0 Å². The van der Waals surface area contributed by atoms with E-state index in [9.17, 15) is 5.11 Å². The molecule has 6 nitrogen and oxygen atoms in total. The number of hydrogen-bond donors (Lipinski definition) is 2. The number of aromatic hydroxyl groups is 1. The van der Waals surface area contributed by atoms with Crippen LogP contribution < -0.4 is 4.74 Å². The minimum Gasteiger partial charge on any atom is -0.508 e. The van der Waals surface area contributed by atoms with E-state index >= 15 is 0 Å². The first-order chi connectivity index (χ1) is 17.0. The number of phenols is 1. The molecular weight excluding hydrogens is 444 g/mol. The fourth-order valence-corrected chi connectivity index (χ4v) is 3.53. The number of hydrogen-bond acceptors (Lipinski definition) is 6. The second kappa shape index (κ2) is 20.3. The Hall–Kier alpha value is -1.86. The van der Waals surface area contributed by atoms with Crippen LogP contribution in [0.3, 0.4) is 0 Å². The number of allylic oxidation sites excluding steroid dienone is 4. The minimum atomic E-state index is 0.0242. The van der Waals surface area contributed by atoms with Crippen LogP contribution in [-0.2, 0) is 27.1 Å². The zero-order valence-corrected chi connectivity index (χ0v) is 22.4. The monoisotopic (exact) mass is 492 g/mol. The first-order valence-corrected chi connectivity index (χ1v) is 13.1. The van der Waals surface area contributed by atoms with Gasteiger partial charge in [-0.1, -0.05) is 43.1 Å². The van der Waals surface area contributed by atoms with Gasteiger partial charge in [0.25, 0.3) is 0 Å². The number of rotatable bonds is 21. The second-order valence-corrected chi connectivity index (χ2v) is 9.03. The SMILES string of the molecule is CCCCCc1cc(O)c(C/C=C(\C)CCC=C(C)C)c(OCCOCCOCCOCCO)c1. The van der Waals surface area contributed by atoms with E-state index in [-0.39, 0.29) is 6.61 Å². The maximum absolute atomic E-state index is 10.8. The fourth-order valence-electron chi connectivity index (χ4n) is 3.53. The van der Waals surface area contributed by atoms with Crippen molar-refractivity contribution in [3.05, 3.63) is 46.6 Å². The smallest absolute Gasteiger partial charge is 0.126 e. The zero-order chi connectivity index (χ0) is 25.7. The third kappa shape index (κ3) is 15.7. The van der Waals surface area contributed by atoms with Crippen LogP contribution in [0.5, 0.6) is 11.5 Å². The van der Waals surface area contributed by atoms with E-state index in [0.29, 0.717) is 58.4 Å². The van der Waals surface area contributed by atoms with E-state index in [0.717, 1.165) is 42.6 Å². The van der Waals surface area contributed by atoms with Gasteiger partial charge in [-0.2, -0.15) is 0 Å². The maximum Gasteiger partial charge on any atom is 0.126 e. The molecule has 0 saturated carbocycles. The van der Waals surface area contributed by atoms with Gasteiger partial charge in [-0.05, 0) is 70.6 Å². The van der Waals surface area contributed by atoms with E-state index in [4.69, 9.17) is 24.1 Å². The van der Waals surface area contributed by atoms with E-state index in [1.54, 1.807) is 0 Å². The Kier molecular flexibility index (Phi) is 18.1. The van der Waals surface area contributed by atoms with Gasteiger partial charge in [-0.3, -0.25) is 0 Å². The summed E-state index contributed by atoms with van der Waals surface area (Å²) in [5.41, 5.74) is 4.59. The molecule has 0 fully saturated rings. The van der Waals surface area contributed by atoms with Gasteiger partial charge in [0.05, 0.1) is 46.2 Å². The van der Waals surface area contributed by atoms with Gasteiger partial charge < -0.3 is 29.2 Å². The first kappa shape index (κ1) is 31.2. The van der Waals surface area contributed by atoms with Crippen molar-refractivity contribution in [3.8, 4) is 11.5 Å². The van der Waals surface area contributed by atoms with Crippen molar-refractivity contribution in [2.45, 2.75) is 72.6 Å². The summed E-state index contributed by atoms with van der Waals surface area (Å²) in [5, 5.41) is 19.4. The van der Waals surface area contributed by atoms with Crippen molar-refractivity contribution in [1.82, 2.24) is 0 Å². The normalized spacial score (nSPS) is 11.6. The highest BCUT2D eigenvalue weighted by atomic mass is 16.6. The predicted octanol–water partition coefficient (Wildman–Crippen LogP) is 5.78. The van der Waals surface area contributed by atoms with Crippen LogP contribution in [0.4, 0.5) is 0 Å². The van der Waals surface area contributed by atoms with Gasteiger partial charge in [0, 0.05) is 5.56 Å². The van der Waals surface area contributed by atoms with E-state index in [1.165, 1.54) is 24.0 Å². The van der Waals surface area contributed by atoms with Gasteiger partial charge in [-0.25, -0.2) is 0 Å². The van der Waals surface area contributed by atoms with Gasteiger partial charge in [0.15, 0.2) is 0 Å². The quantitative estimate of drug-likeness (QED) is 0.167. The molecule has 0 aliphatic rings. The molecule has 0 aliphatic heterocycles. The van der Waals surface area contributed by atoms with Gasteiger partial charge in [-0.15, -0.1) is 0 Å². The molecule has 1 aromatic rings. The van der Waals surface area contributed by atoms with E-state index < -0.39 is 0 Å². The van der Waals surface area contributed by atoms with Crippen LogP contribution in [-0.4, -0.2) is 63.1 Å². The maximum atomic E-state index is 10.8. The summed E-state index contributed by atoms with van der Waals surface area (Å²) in [5.74, 6) is 1.05. The molecule has 0 bridgehead atoms. The summed E-state index contributed by atoms with van der Waals surface area (Å²) in [7, 11) is 0. The van der Waals surface area contributed by atoms with Crippen LogP contribution in [0.2, 0.25) is 0 Å². The molecule has 0 saturated heterocycles. The van der Waals surface area contributed by atoms with Crippen LogP contribution in [0, 0.1) is 0 Å². The summed E-state index contributed by atoms with van der Waals surface area (Å²) < 4.78 is 22.2. The van der Waals surface area contributed by atoms with Crippen molar-refractivity contribution in [2.24, 2.45) is 0 Å². The molecule has 6 heteroatoms. The molecule has 0 aliphatic carbocycles. The fraction of sp³-hybridized carbons (Fsp3) is 0.655. The second-order valence-electron chi connectivity index (χ2n) is 9.03. The van der Waals surface area contributed by atoms with Crippen molar-refractivity contribution < 1.29 is 29.2 Å². The van der Waals surface area contributed by atoms with Crippen LogP contribution in [0.15, 0.2) is 35.4 Å². The molecule has 0 atom stereocenters. The van der Waals surface area contributed by atoms with Gasteiger partial charge >= 0.3 is 0 Å². The Morgan fingerprint density at radius 1 is 0.857 bits per heavy atom. The Balaban J connectivity index is 2.60. The van der Waals surface area contributed by atoms with E-state index in [1.807, 2.05) is 6.07 Å². The number of aliphatic hydroxyl groups excluding tert-OH is 1. The predicted molar refractivity (Wildman–Crippen MR) is 142 cm³/mol. The summed E-state index contributed by atoms with van der Waals surface area (Å²) in [6, 6.07) is 3.97. The highest BCUT2D eigenvalue weighted by molar-refractivity contribution is 5.48. The number of ether oxygens (including phenoxy) is 4. The molecule has 0 heterocycles. The van der Waals surface area contributed by atoms with Crippen molar-refractivity contribution in [2.75, 3.05) is 52.9 Å². The summed E-state index contributed by atoms with van der Waals surface area (Å²) in [4.78, 5) is 0. The Morgan fingerprint density at radius 2 is 1.51 bits per heavy atom. The number of benzene rings is 1. The highest BCUT2D eigenvalue weighted by Gasteiger charge is 2.12. The third-order valence-corrected chi connectivity index (χ3v) is 5.53. The number of unbranched alkanes of at least 4 members (excludes halogenated alkanes) is 2. The standard InChI is InChI=1S/C29H48O6/c1-5-6-7-11-26-22-28(31)27(13-12-25(4)10-8-9-24(2)3)29(23-26)35-21-20-34-19-18-33-17-16-32-15-14-30/h9,12,22-23,30-31H,5-8,10-11,13-21H2,1-4H3/b25-12+. The summed E-state index contributed by atoms with van der Waals surface area (Å²) in [6.45, 7) is 11.7. The van der Waals surface area contributed by atoms with E-state index in [2.05, 4.69) is 45.9 Å². The number of aryl methyl sites for hydroxylation is 1. The third-order valence-electron chi connectivity index (χ3n) is 5.53. The molecule has 0 aromatic heterocycles. The minimum absolute atomic E-state index is 0.0242. The Morgan fingerprint density at radius 3 is 2.14 bits per heavy atom. The van der Waals surface area contributed by atoms with Crippen molar-refractivity contribution in [3.63, 3.8) is 0 Å². The molecule has 0 amide bonds. The topological polar surface area (TPSA) is 77.4 Å². The molecule has 1 rings (SSSR count). The Labute approximate surface area is 212 Å². The lowest BCUT2D eigenvalue weighted by atomic mass is 10.00. The van der Waals surface area contributed by atoms with Gasteiger partial charge in [0.1, 0.15) is 18.1 Å². The molecular formula is C29H48O6. The average Bonchev–Trinajstić information content (AvgIpc) is 2.82. The molecule has 2 N–H and O–H groups in total. The highest BCUT2D eigenvalue weighted by Crippen LogP contribution is 2.32. The summed E-state index contributed by atoms with van der Waals surface area (Å²) in [6.07, 6.45) is 11.5. The molecule has 0 unspecified atom stereocenters. The van der Waals surface area contributed by atoms with Crippen LogP contribution in [0.25, 0.3) is 0 Å². The zero-order valence-electron chi connectivity index (χ0n) is 22.4. The largest absolute Gasteiger partial charge is 0.508 e. The lowest BCUT2D eigenvalue weighted by molar-refractivity contribution is 0.00357. The molecule has 35 heavy (non-hydrogen) atoms. The Bertz CT molecular complexity index is 737. The lowest BCUT2D eigenvalue weighted by Crippen LogP contribution is -2.13. The first-order valence-electron chi connectivity index (χ1n) is 13.1.